The minimum absolute atomic E-state index is 0.0833. The van der Waals surface area contributed by atoms with Gasteiger partial charge in [0.05, 0.1) is 5.57 Å². The highest BCUT2D eigenvalue weighted by Gasteiger charge is 2.12. The van der Waals surface area contributed by atoms with Crippen LogP contribution < -0.4 is 5.73 Å². The highest BCUT2D eigenvalue weighted by molar-refractivity contribution is 5.83. The standard InChI is InChI=1S/C11H17N3/c1-5-9(6-12)7-14-8-10(13)11(2,3)4/h5,7-8H,13H2,1-4H3/b9-5-,10-8-,14-7-. The lowest BCUT2D eigenvalue weighted by Crippen LogP contribution is -2.16. The zero-order valence-electron chi connectivity index (χ0n) is 9.20. The molecule has 0 aliphatic carbocycles. The molecule has 0 fully saturated rings. The number of hydrogen-bond donors (Lipinski definition) is 1. The molecule has 0 spiro atoms. The topological polar surface area (TPSA) is 62.2 Å². The first-order valence-corrected chi connectivity index (χ1v) is 4.47. The van der Waals surface area contributed by atoms with Crippen molar-refractivity contribution in [1.82, 2.24) is 0 Å². The molecule has 0 radical (unpaired) electrons. The van der Waals surface area contributed by atoms with Crippen LogP contribution in [-0.4, -0.2) is 6.21 Å². The van der Waals surface area contributed by atoms with Gasteiger partial charge < -0.3 is 5.73 Å². The molecule has 2 N–H and O–H groups in total. The maximum atomic E-state index is 8.59. The van der Waals surface area contributed by atoms with E-state index in [0.717, 1.165) is 0 Å². The Labute approximate surface area is 85.6 Å². The van der Waals surface area contributed by atoms with E-state index in [4.69, 9.17) is 11.0 Å². The van der Waals surface area contributed by atoms with Crippen molar-refractivity contribution in [1.29, 1.82) is 5.26 Å². The Hall–Kier alpha value is -1.56. The molecule has 0 saturated carbocycles. The molecule has 3 nitrogen and oxygen atoms in total. The van der Waals surface area contributed by atoms with Crippen molar-refractivity contribution >= 4 is 6.21 Å². The highest BCUT2D eigenvalue weighted by Crippen LogP contribution is 2.19. The molecule has 3 heteroatoms. The smallest absolute Gasteiger partial charge is 0.100 e. The average molecular weight is 191 g/mol. The number of nitrogens with two attached hydrogens (primary N) is 1. The van der Waals surface area contributed by atoms with Gasteiger partial charge in [-0.25, -0.2) is 0 Å². The molecule has 0 aromatic rings. The first-order chi connectivity index (χ1) is 6.41. The lowest BCUT2D eigenvalue weighted by Gasteiger charge is -2.17. The Morgan fingerprint density at radius 2 is 2.00 bits per heavy atom. The van der Waals surface area contributed by atoms with Crippen LogP contribution in [0, 0.1) is 16.7 Å². The molecule has 0 heterocycles. The predicted octanol–water partition coefficient (Wildman–Crippen LogP) is 2.37. The number of nitrogens with zero attached hydrogens (tertiary/aromatic N) is 2. The van der Waals surface area contributed by atoms with Crippen LogP contribution in [-0.2, 0) is 0 Å². The highest BCUT2D eigenvalue weighted by atomic mass is 14.7. The van der Waals surface area contributed by atoms with Crippen LogP contribution in [0.25, 0.3) is 0 Å². The largest absolute Gasteiger partial charge is 0.400 e. The SMILES string of the molecule is C\C=C(C#N)/C=N\C=C(/N)C(C)(C)C. The van der Waals surface area contributed by atoms with Crippen molar-refractivity contribution in [3.8, 4) is 6.07 Å². The van der Waals surface area contributed by atoms with Gasteiger partial charge in [0, 0.05) is 23.5 Å². The molecule has 0 rings (SSSR count). The van der Waals surface area contributed by atoms with E-state index in [2.05, 4.69) is 4.99 Å². The van der Waals surface area contributed by atoms with Crippen LogP contribution >= 0.6 is 0 Å². The van der Waals surface area contributed by atoms with E-state index in [1.54, 1.807) is 19.2 Å². The summed E-state index contributed by atoms with van der Waals surface area (Å²) in [5, 5.41) is 8.59. The molecule has 0 bridgehead atoms. The molecule has 0 aliphatic rings. The monoisotopic (exact) mass is 191 g/mol. The Bertz CT molecular complexity index is 308. The summed E-state index contributed by atoms with van der Waals surface area (Å²) < 4.78 is 0. The molecule has 0 atom stereocenters. The predicted molar refractivity (Wildman–Crippen MR) is 59.6 cm³/mol. The number of aliphatic imine (C=N–C) groups is 1. The van der Waals surface area contributed by atoms with Gasteiger partial charge >= 0.3 is 0 Å². The van der Waals surface area contributed by atoms with Crippen LogP contribution in [0.3, 0.4) is 0 Å². The van der Waals surface area contributed by atoms with E-state index in [1.807, 2.05) is 26.8 Å². The van der Waals surface area contributed by atoms with Gasteiger partial charge in [0.2, 0.25) is 0 Å². The Balaban J connectivity index is 4.53. The van der Waals surface area contributed by atoms with Crippen molar-refractivity contribution in [2.75, 3.05) is 0 Å². The summed E-state index contributed by atoms with van der Waals surface area (Å²) in [6.07, 6.45) is 4.78. The average Bonchev–Trinajstić information content (AvgIpc) is 2.10. The van der Waals surface area contributed by atoms with Crippen molar-refractivity contribution in [2.24, 2.45) is 16.1 Å². The van der Waals surface area contributed by atoms with Crippen LogP contribution in [0.1, 0.15) is 27.7 Å². The molecule has 76 valence electrons. The summed E-state index contributed by atoms with van der Waals surface area (Å²) >= 11 is 0. The zero-order chi connectivity index (χ0) is 11.2. The number of rotatable bonds is 2. The summed E-state index contributed by atoms with van der Waals surface area (Å²) in [5.41, 5.74) is 6.91. The molecule has 14 heavy (non-hydrogen) atoms. The Morgan fingerprint density at radius 1 is 1.43 bits per heavy atom. The summed E-state index contributed by atoms with van der Waals surface area (Å²) in [5.74, 6) is 0. The minimum Gasteiger partial charge on any atom is -0.400 e. The second kappa shape index (κ2) is 5.23. The second-order valence-electron chi connectivity index (χ2n) is 3.97. The fourth-order valence-corrected chi connectivity index (χ4v) is 0.559. The molecule has 0 saturated heterocycles. The molecule has 0 aromatic carbocycles. The van der Waals surface area contributed by atoms with Gasteiger partial charge in [-0.15, -0.1) is 0 Å². The van der Waals surface area contributed by atoms with E-state index in [1.165, 1.54) is 6.21 Å². The van der Waals surface area contributed by atoms with E-state index in [-0.39, 0.29) is 5.41 Å². The van der Waals surface area contributed by atoms with Crippen molar-refractivity contribution in [2.45, 2.75) is 27.7 Å². The number of allylic oxidation sites excluding steroid dienone is 3. The lowest BCUT2D eigenvalue weighted by atomic mass is 9.93. The summed E-state index contributed by atoms with van der Waals surface area (Å²) in [6, 6.07) is 2.01. The van der Waals surface area contributed by atoms with Gasteiger partial charge in [-0.2, -0.15) is 5.26 Å². The summed E-state index contributed by atoms with van der Waals surface area (Å²) in [7, 11) is 0. The van der Waals surface area contributed by atoms with Gasteiger partial charge in [-0.1, -0.05) is 26.8 Å². The van der Waals surface area contributed by atoms with Gasteiger partial charge in [0.1, 0.15) is 6.07 Å². The van der Waals surface area contributed by atoms with Gasteiger partial charge in [0.25, 0.3) is 0 Å². The maximum absolute atomic E-state index is 8.59. The number of hydrogen-bond acceptors (Lipinski definition) is 3. The van der Waals surface area contributed by atoms with Gasteiger partial charge in [0.15, 0.2) is 0 Å². The zero-order valence-corrected chi connectivity index (χ0v) is 9.20. The fourth-order valence-electron chi connectivity index (χ4n) is 0.559. The van der Waals surface area contributed by atoms with Crippen LogP contribution in [0.15, 0.2) is 28.5 Å². The first kappa shape index (κ1) is 12.4. The van der Waals surface area contributed by atoms with Crippen molar-refractivity contribution in [3.05, 3.63) is 23.5 Å². The number of nitriles is 1. The summed E-state index contributed by atoms with van der Waals surface area (Å²) in [6.45, 7) is 7.82. The quantitative estimate of drug-likeness (QED) is 0.538. The maximum Gasteiger partial charge on any atom is 0.100 e. The third-order valence-corrected chi connectivity index (χ3v) is 1.73. The normalized spacial score (nSPS) is 14.5. The molecule has 0 amide bonds. The lowest BCUT2D eigenvalue weighted by molar-refractivity contribution is 0.496. The molecule has 0 aliphatic heterocycles. The van der Waals surface area contributed by atoms with Gasteiger partial charge in [-0.3, -0.25) is 4.99 Å². The fraction of sp³-hybridized carbons (Fsp3) is 0.455. The van der Waals surface area contributed by atoms with Crippen LogP contribution in [0.5, 0.6) is 0 Å². The molecule has 0 aromatic heterocycles. The Kier molecular flexibility index (Phi) is 4.65. The van der Waals surface area contributed by atoms with Gasteiger partial charge in [-0.05, 0) is 6.92 Å². The van der Waals surface area contributed by atoms with E-state index in [0.29, 0.717) is 11.3 Å². The molecular formula is C11H17N3. The molecular weight excluding hydrogens is 174 g/mol. The van der Waals surface area contributed by atoms with Crippen LogP contribution in [0.4, 0.5) is 0 Å². The first-order valence-electron chi connectivity index (χ1n) is 4.47. The Morgan fingerprint density at radius 3 is 2.36 bits per heavy atom. The minimum atomic E-state index is -0.0833. The third kappa shape index (κ3) is 4.46. The summed E-state index contributed by atoms with van der Waals surface area (Å²) in [4.78, 5) is 3.98. The van der Waals surface area contributed by atoms with Crippen molar-refractivity contribution < 1.29 is 0 Å². The van der Waals surface area contributed by atoms with E-state index < -0.39 is 0 Å². The van der Waals surface area contributed by atoms with E-state index >= 15 is 0 Å². The van der Waals surface area contributed by atoms with E-state index in [9.17, 15) is 0 Å². The second-order valence-corrected chi connectivity index (χ2v) is 3.97. The van der Waals surface area contributed by atoms with Crippen LogP contribution in [0.2, 0.25) is 0 Å². The third-order valence-electron chi connectivity index (χ3n) is 1.73. The molecule has 0 unspecified atom stereocenters. The van der Waals surface area contributed by atoms with Crippen molar-refractivity contribution in [3.63, 3.8) is 0 Å².